The number of fused-ring (bicyclic) bond motifs is 1. The number of anilines is 1. The van der Waals surface area contributed by atoms with E-state index in [1.54, 1.807) is 24.3 Å². The molecule has 118 valence electrons. The SMILES string of the molecule is Nc1ccnc2c(-c3cc(OC(F)(F)F)ccc3O)cccc12. The summed E-state index contributed by atoms with van der Waals surface area (Å²) in [5, 5.41) is 10.7. The molecule has 0 saturated carbocycles. The first-order chi connectivity index (χ1) is 10.8. The van der Waals surface area contributed by atoms with Gasteiger partial charge in [-0.25, -0.2) is 0 Å². The number of hydrogen-bond acceptors (Lipinski definition) is 4. The third-order valence-electron chi connectivity index (χ3n) is 3.30. The van der Waals surface area contributed by atoms with Crippen LogP contribution in [0.3, 0.4) is 0 Å². The summed E-state index contributed by atoms with van der Waals surface area (Å²) in [4.78, 5) is 4.21. The van der Waals surface area contributed by atoms with Gasteiger partial charge in [0, 0.05) is 28.4 Å². The van der Waals surface area contributed by atoms with Gasteiger partial charge in [-0.1, -0.05) is 18.2 Å². The summed E-state index contributed by atoms with van der Waals surface area (Å²) in [5.41, 5.74) is 7.48. The molecule has 0 aliphatic rings. The molecule has 0 aliphatic carbocycles. The quantitative estimate of drug-likeness (QED) is 0.746. The van der Waals surface area contributed by atoms with Crippen molar-refractivity contribution in [3.8, 4) is 22.6 Å². The van der Waals surface area contributed by atoms with Gasteiger partial charge in [0.15, 0.2) is 0 Å². The molecule has 0 radical (unpaired) electrons. The first-order valence-electron chi connectivity index (χ1n) is 6.57. The molecule has 1 aromatic heterocycles. The van der Waals surface area contributed by atoms with Gasteiger partial charge in [0.05, 0.1) is 5.52 Å². The monoisotopic (exact) mass is 320 g/mol. The topological polar surface area (TPSA) is 68.4 Å². The minimum Gasteiger partial charge on any atom is -0.507 e. The van der Waals surface area contributed by atoms with Crippen molar-refractivity contribution in [2.45, 2.75) is 6.36 Å². The first-order valence-corrected chi connectivity index (χ1v) is 6.57. The smallest absolute Gasteiger partial charge is 0.507 e. The molecule has 3 aromatic rings. The maximum Gasteiger partial charge on any atom is 0.573 e. The Hall–Kier alpha value is -2.96. The zero-order valence-corrected chi connectivity index (χ0v) is 11.6. The zero-order chi connectivity index (χ0) is 16.6. The highest BCUT2D eigenvalue weighted by Crippen LogP contribution is 2.38. The Morgan fingerprint density at radius 2 is 1.83 bits per heavy atom. The number of ether oxygens (including phenoxy) is 1. The van der Waals surface area contributed by atoms with Crippen LogP contribution in [-0.2, 0) is 0 Å². The number of phenolic OH excluding ortho intramolecular Hbond substituents is 1. The van der Waals surface area contributed by atoms with Gasteiger partial charge >= 0.3 is 6.36 Å². The molecule has 2 aromatic carbocycles. The average molecular weight is 320 g/mol. The van der Waals surface area contributed by atoms with Crippen molar-refractivity contribution < 1.29 is 23.0 Å². The number of alkyl halides is 3. The van der Waals surface area contributed by atoms with Crippen LogP contribution in [-0.4, -0.2) is 16.5 Å². The van der Waals surface area contributed by atoms with Crippen LogP contribution in [0.15, 0.2) is 48.7 Å². The van der Waals surface area contributed by atoms with E-state index in [0.29, 0.717) is 22.2 Å². The van der Waals surface area contributed by atoms with Crippen molar-refractivity contribution in [3.63, 3.8) is 0 Å². The van der Waals surface area contributed by atoms with Crippen LogP contribution in [0.25, 0.3) is 22.0 Å². The Bertz CT molecular complexity index is 879. The molecule has 0 unspecified atom stereocenters. The minimum absolute atomic E-state index is 0.176. The average Bonchev–Trinajstić information content (AvgIpc) is 2.48. The van der Waals surface area contributed by atoms with Crippen molar-refractivity contribution in [1.29, 1.82) is 0 Å². The number of nitrogen functional groups attached to an aromatic ring is 1. The van der Waals surface area contributed by atoms with Gasteiger partial charge in [-0.05, 0) is 24.3 Å². The van der Waals surface area contributed by atoms with Crippen LogP contribution in [0.5, 0.6) is 11.5 Å². The molecule has 3 rings (SSSR count). The fourth-order valence-corrected chi connectivity index (χ4v) is 2.34. The first kappa shape index (κ1) is 15.0. The van der Waals surface area contributed by atoms with Gasteiger partial charge in [-0.3, -0.25) is 4.98 Å². The molecule has 0 aliphatic heterocycles. The maximum atomic E-state index is 12.4. The number of nitrogens with two attached hydrogens (primary N) is 1. The van der Waals surface area contributed by atoms with Crippen LogP contribution in [0.2, 0.25) is 0 Å². The summed E-state index contributed by atoms with van der Waals surface area (Å²) < 4.78 is 41.0. The van der Waals surface area contributed by atoms with Gasteiger partial charge in [0.25, 0.3) is 0 Å². The number of phenols is 1. The Morgan fingerprint density at radius 1 is 1.04 bits per heavy atom. The number of aromatic nitrogens is 1. The predicted molar refractivity (Wildman–Crippen MR) is 79.9 cm³/mol. The third-order valence-corrected chi connectivity index (χ3v) is 3.30. The fraction of sp³-hybridized carbons (Fsp3) is 0.0625. The molecule has 0 atom stereocenters. The molecular formula is C16H11F3N2O2. The second kappa shape index (κ2) is 5.35. The Balaban J connectivity index is 2.19. The number of nitrogens with zero attached hydrogens (tertiary/aromatic N) is 1. The van der Waals surface area contributed by atoms with E-state index in [1.807, 2.05) is 0 Å². The molecule has 4 nitrogen and oxygen atoms in total. The number of hydrogen-bond donors (Lipinski definition) is 2. The maximum absolute atomic E-state index is 12.4. The van der Waals surface area contributed by atoms with Crippen molar-refractivity contribution in [2.75, 3.05) is 5.73 Å². The van der Waals surface area contributed by atoms with Crippen molar-refractivity contribution >= 4 is 16.6 Å². The highest BCUT2D eigenvalue weighted by Gasteiger charge is 2.31. The number of para-hydroxylation sites is 1. The van der Waals surface area contributed by atoms with E-state index in [9.17, 15) is 18.3 Å². The van der Waals surface area contributed by atoms with E-state index in [1.165, 1.54) is 6.20 Å². The lowest BCUT2D eigenvalue weighted by Gasteiger charge is -2.13. The number of pyridine rings is 1. The van der Waals surface area contributed by atoms with Crippen LogP contribution >= 0.6 is 0 Å². The zero-order valence-electron chi connectivity index (χ0n) is 11.6. The summed E-state index contributed by atoms with van der Waals surface area (Å²) in [6.45, 7) is 0. The summed E-state index contributed by atoms with van der Waals surface area (Å²) in [6, 6.07) is 9.99. The molecule has 0 fully saturated rings. The molecule has 3 N–H and O–H groups in total. The highest BCUT2D eigenvalue weighted by molar-refractivity contribution is 6.00. The van der Waals surface area contributed by atoms with Crippen molar-refractivity contribution in [1.82, 2.24) is 4.98 Å². The van der Waals surface area contributed by atoms with E-state index in [0.717, 1.165) is 18.2 Å². The van der Waals surface area contributed by atoms with E-state index >= 15 is 0 Å². The molecule has 0 amide bonds. The Morgan fingerprint density at radius 3 is 2.57 bits per heavy atom. The number of halogens is 3. The number of aromatic hydroxyl groups is 1. The lowest BCUT2D eigenvalue weighted by molar-refractivity contribution is -0.274. The third kappa shape index (κ3) is 2.98. The van der Waals surface area contributed by atoms with Gasteiger partial charge < -0.3 is 15.6 Å². The summed E-state index contributed by atoms with van der Waals surface area (Å²) >= 11 is 0. The van der Waals surface area contributed by atoms with Gasteiger partial charge in [0.2, 0.25) is 0 Å². The van der Waals surface area contributed by atoms with Gasteiger partial charge in [-0.15, -0.1) is 13.2 Å². The van der Waals surface area contributed by atoms with E-state index < -0.39 is 12.1 Å². The molecule has 1 heterocycles. The highest BCUT2D eigenvalue weighted by atomic mass is 19.4. The lowest BCUT2D eigenvalue weighted by atomic mass is 10.0. The fourth-order valence-electron chi connectivity index (χ4n) is 2.34. The minimum atomic E-state index is -4.81. The van der Waals surface area contributed by atoms with Gasteiger partial charge in [0.1, 0.15) is 11.5 Å². The molecular weight excluding hydrogens is 309 g/mol. The standard InChI is InChI=1S/C16H11F3N2O2/c17-16(18,19)23-9-4-5-14(22)12(8-9)10-2-1-3-11-13(20)6-7-21-15(10)11/h1-8,22H,(H2,20,21). The molecule has 0 spiro atoms. The molecule has 23 heavy (non-hydrogen) atoms. The Kier molecular flexibility index (Phi) is 3.48. The summed E-state index contributed by atoms with van der Waals surface area (Å²) in [5.74, 6) is -0.609. The molecule has 0 bridgehead atoms. The van der Waals surface area contributed by atoms with E-state index in [-0.39, 0.29) is 11.3 Å². The number of benzene rings is 2. The van der Waals surface area contributed by atoms with Gasteiger partial charge in [-0.2, -0.15) is 0 Å². The summed E-state index contributed by atoms with van der Waals surface area (Å²) in [7, 11) is 0. The number of rotatable bonds is 2. The van der Waals surface area contributed by atoms with Crippen LogP contribution in [0, 0.1) is 0 Å². The molecule has 7 heteroatoms. The summed E-state index contributed by atoms with van der Waals surface area (Å²) in [6.07, 6.45) is -3.32. The lowest BCUT2D eigenvalue weighted by Crippen LogP contribution is -2.17. The van der Waals surface area contributed by atoms with Crippen LogP contribution in [0.1, 0.15) is 0 Å². The van der Waals surface area contributed by atoms with E-state index in [2.05, 4.69) is 9.72 Å². The Labute approximate surface area is 128 Å². The van der Waals surface area contributed by atoms with E-state index in [4.69, 9.17) is 5.73 Å². The van der Waals surface area contributed by atoms with Crippen LogP contribution in [0.4, 0.5) is 18.9 Å². The normalized spacial score (nSPS) is 11.6. The van der Waals surface area contributed by atoms with Crippen LogP contribution < -0.4 is 10.5 Å². The predicted octanol–water partition coefficient (Wildman–Crippen LogP) is 4.09. The largest absolute Gasteiger partial charge is 0.573 e. The van der Waals surface area contributed by atoms with Crippen molar-refractivity contribution in [2.24, 2.45) is 0 Å². The van der Waals surface area contributed by atoms with Crippen molar-refractivity contribution in [3.05, 3.63) is 48.7 Å². The second-order valence-electron chi connectivity index (χ2n) is 4.83. The molecule has 0 saturated heterocycles. The second-order valence-corrected chi connectivity index (χ2v) is 4.83.